The molecule has 2 heterocycles. The van der Waals surface area contributed by atoms with Crippen molar-refractivity contribution in [2.75, 3.05) is 7.11 Å². The summed E-state index contributed by atoms with van der Waals surface area (Å²) in [6.07, 6.45) is 6.90. The van der Waals surface area contributed by atoms with Gasteiger partial charge in [0.15, 0.2) is 0 Å². The van der Waals surface area contributed by atoms with Crippen LogP contribution in [-0.4, -0.2) is 45.1 Å². The molecule has 2 amide bonds. The zero-order valence-corrected chi connectivity index (χ0v) is 24.3. The number of ether oxygens (including phenoxy) is 1. The molecule has 0 bridgehead atoms. The molecule has 3 aromatic carbocycles. The smallest absolute Gasteiger partial charge is 0.407 e. The molecule has 1 fully saturated rings. The summed E-state index contributed by atoms with van der Waals surface area (Å²) in [6, 6.07) is 20.9. The second-order valence-electron chi connectivity index (χ2n) is 11.6. The highest BCUT2D eigenvalue weighted by atomic mass is 16.5. The van der Waals surface area contributed by atoms with Crippen molar-refractivity contribution in [3.63, 3.8) is 0 Å². The van der Waals surface area contributed by atoms with Crippen molar-refractivity contribution in [1.82, 2.24) is 30.6 Å². The zero-order valence-electron chi connectivity index (χ0n) is 24.3. The second-order valence-corrected chi connectivity index (χ2v) is 11.6. The molecule has 0 saturated heterocycles. The number of benzene rings is 3. The van der Waals surface area contributed by atoms with Crippen LogP contribution < -0.4 is 10.6 Å². The molecule has 0 spiro atoms. The van der Waals surface area contributed by atoms with E-state index in [9.17, 15) is 9.59 Å². The Morgan fingerprint density at radius 1 is 0.930 bits per heavy atom. The highest BCUT2D eigenvalue weighted by Gasteiger charge is 2.43. The van der Waals surface area contributed by atoms with Crippen molar-refractivity contribution in [3.05, 3.63) is 84.1 Å². The van der Waals surface area contributed by atoms with Crippen LogP contribution in [0.4, 0.5) is 4.79 Å². The number of imidazole rings is 2. The largest absolute Gasteiger partial charge is 0.453 e. The molecule has 43 heavy (non-hydrogen) atoms. The van der Waals surface area contributed by atoms with Gasteiger partial charge in [0.05, 0.1) is 35.7 Å². The number of aryl methyl sites for hydroxylation is 2. The van der Waals surface area contributed by atoms with Gasteiger partial charge in [-0.3, -0.25) is 4.79 Å². The number of nitrogens with one attached hydrogen (secondary N) is 4. The maximum Gasteiger partial charge on any atom is 0.407 e. The van der Waals surface area contributed by atoms with E-state index in [0.717, 1.165) is 72.2 Å². The number of methoxy groups -OCH3 is 1. The zero-order chi connectivity index (χ0) is 29.6. The quantitative estimate of drug-likeness (QED) is 0.198. The highest BCUT2D eigenvalue weighted by Crippen LogP contribution is 2.41. The number of carbonyl (C=O) groups excluding carboxylic acids is 2. The summed E-state index contributed by atoms with van der Waals surface area (Å²) < 4.78 is 4.62. The molecule has 4 N–H and O–H groups in total. The van der Waals surface area contributed by atoms with Gasteiger partial charge in [0.25, 0.3) is 0 Å². The lowest BCUT2D eigenvalue weighted by molar-refractivity contribution is -0.126. The van der Waals surface area contributed by atoms with E-state index in [4.69, 9.17) is 4.98 Å². The SMILES string of the molecule is COC(=O)NC(C)C(=O)NC1(c2nc3ccc(-c4ccc(-c5ccc6c(c5)CCCc5[nH]cnc5-6)cc4)cc3[nH]2)CCC1. The van der Waals surface area contributed by atoms with Crippen molar-refractivity contribution in [2.45, 2.75) is 57.0 Å². The number of amides is 2. The van der Waals surface area contributed by atoms with Crippen LogP contribution in [0, 0.1) is 0 Å². The van der Waals surface area contributed by atoms with Gasteiger partial charge in [0.1, 0.15) is 11.9 Å². The first kappa shape index (κ1) is 26.9. The molecule has 218 valence electrons. The van der Waals surface area contributed by atoms with Crippen LogP contribution in [0.15, 0.2) is 67.0 Å². The average Bonchev–Trinajstić information content (AvgIpc) is 3.62. The number of nitrogens with zero attached hydrogens (tertiary/aromatic N) is 2. The van der Waals surface area contributed by atoms with E-state index in [1.807, 2.05) is 6.07 Å². The van der Waals surface area contributed by atoms with Gasteiger partial charge >= 0.3 is 6.09 Å². The van der Waals surface area contributed by atoms with Crippen molar-refractivity contribution >= 4 is 23.0 Å². The fraction of sp³-hybridized carbons (Fsp3) is 0.294. The van der Waals surface area contributed by atoms with Crippen molar-refractivity contribution in [3.8, 4) is 33.5 Å². The summed E-state index contributed by atoms with van der Waals surface area (Å²) in [5.74, 6) is 0.469. The number of fused-ring (bicyclic) bond motifs is 4. The van der Waals surface area contributed by atoms with Crippen LogP contribution in [-0.2, 0) is 27.9 Å². The van der Waals surface area contributed by atoms with Gasteiger partial charge in [0.2, 0.25) is 5.91 Å². The Bertz CT molecular complexity index is 1830. The summed E-state index contributed by atoms with van der Waals surface area (Å²) in [4.78, 5) is 40.6. The van der Waals surface area contributed by atoms with Crippen LogP contribution >= 0.6 is 0 Å². The molecule has 9 nitrogen and oxygen atoms in total. The lowest BCUT2D eigenvalue weighted by Crippen LogP contribution is -2.56. The third-order valence-electron chi connectivity index (χ3n) is 8.92. The van der Waals surface area contributed by atoms with E-state index in [1.54, 1.807) is 13.3 Å². The molecule has 9 heteroatoms. The monoisotopic (exact) mass is 574 g/mol. The molecule has 2 aromatic heterocycles. The molecule has 5 aromatic rings. The number of hydrogen-bond acceptors (Lipinski definition) is 5. The summed E-state index contributed by atoms with van der Waals surface area (Å²) in [7, 11) is 1.27. The molecular weight excluding hydrogens is 540 g/mol. The molecule has 2 aliphatic rings. The second kappa shape index (κ2) is 10.7. The Morgan fingerprint density at radius 2 is 1.65 bits per heavy atom. The summed E-state index contributed by atoms with van der Waals surface area (Å²) in [5.41, 5.74) is 10.7. The fourth-order valence-corrected chi connectivity index (χ4v) is 6.28. The minimum absolute atomic E-state index is 0.272. The average molecular weight is 575 g/mol. The Balaban J connectivity index is 1.11. The molecule has 1 atom stereocenters. The molecule has 0 radical (unpaired) electrons. The Kier molecular flexibility index (Phi) is 6.72. The number of H-pyrrole nitrogens is 2. The van der Waals surface area contributed by atoms with Gasteiger partial charge < -0.3 is 25.3 Å². The van der Waals surface area contributed by atoms with Gasteiger partial charge in [0, 0.05) is 11.3 Å². The molecule has 7 rings (SSSR count). The van der Waals surface area contributed by atoms with E-state index < -0.39 is 17.7 Å². The van der Waals surface area contributed by atoms with Crippen LogP contribution in [0.2, 0.25) is 0 Å². The van der Waals surface area contributed by atoms with E-state index in [0.29, 0.717) is 0 Å². The summed E-state index contributed by atoms with van der Waals surface area (Å²) >= 11 is 0. The number of carbonyl (C=O) groups is 2. The number of aromatic amines is 2. The Hall–Kier alpha value is -4.92. The third kappa shape index (κ3) is 4.94. The molecule has 0 aliphatic heterocycles. The van der Waals surface area contributed by atoms with Gasteiger partial charge in [-0.15, -0.1) is 0 Å². The van der Waals surface area contributed by atoms with Crippen molar-refractivity contribution < 1.29 is 14.3 Å². The minimum atomic E-state index is -0.723. The standard InChI is InChI=1S/C34H34N6O3/c1-20(37-33(42)43-2)31(41)40-34(15-4-16-34)32-38-27-14-12-24(18-29(27)39-32)22-9-7-21(8-10-22)23-11-13-26-25(17-23)5-3-6-28-30(26)36-19-35-28/h7-14,17-20H,3-6,15-16H2,1-2H3,(H,35,36)(H,37,42)(H,38,39)(H,40,41). The van der Waals surface area contributed by atoms with Crippen LogP contribution in [0.1, 0.15) is 49.7 Å². The highest BCUT2D eigenvalue weighted by molar-refractivity contribution is 5.87. The first-order valence-corrected chi connectivity index (χ1v) is 14.9. The predicted octanol–water partition coefficient (Wildman–Crippen LogP) is 6.02. The first-order chi connectivity index (χ1) is 20.9. The van der Waals surface area contributed by atoms with E-state index in [2.05, 4.69) is 84.9 Å². The van der Waals surface area contributed by atoms with Gasteiger partial charge in [-0.1, -0.05) is 48.5 Å². The van der Waals surface area contributed by atoms with E-state index in [1.165, 1.54) is 35.1 Å². The normalized spacial score (nSPS) is 15.9. The van der Waals surface area contributed by atoms with E-state index in [-0.39, 0.29) is 5.91 Å². The number of alkyl carbamates (subject to hydrolysis) is 1. The maximum atomic E-state index is 12.9. The topological polar surface area (TPSA) is 125 Å². The molecule has 1 saturated carbocycles. The Labute approximate surface area is 249 Å². The lowest BCUT2D eigenvalue weighted by atomic mass is 9.76. The fourth-order valence-electron chi connectivity index (χ4n) is 6.28. The van der Waals surface area contributed by atoms with Crippen molar-refractivity contribution in [1.29, 1.82) is 0 Å². The molecule has 1 unspecified atom stereocenters. The maximum absolute atomic E-state index is 12.9. The van der Waals surface area contributed by atoms with Crippen LogP contribution in [0.25, 0.3) is 44.5 Å². The number of rotatable bonds is 6. The third-order valence-corrected chi connectivity index (χ3v) is 8.92. The van der Waals surface area contributed by atoms with Gasteiger partial charge in [-0.05, 0) is 85.4 Å². The van der Waals surface area contributed by atoms with Crippen LogP contribution in [0.3, 0.4) is 0 Å². The molecule has 2 aliphatic carbocycles. The number of aromatic nitrogens is 4. The lowest BCUT2D eigenvalue weighted by Gasteiger charge is -2.41. The van der Waals surface area contributed by atoms with Crippen LogP contribution in [0.5, 0.6) is 0 Å². The predicted molar refractivity (Wildman–Crippen MR) is 165 cm³/mol. The van der Waals surface area contributed by atoms with Gasteiger partial charge in [-0.2, -0.15) is 0 Å². The summed E-state index contributed by atoms with van der Waals surface area (Å²) in [5, 5.41) is 5.65. The van der Waals surface area contributed by atoms with E-state index >= 15 is 0 Å². The minimum Gasteiger partial charge on any atom is -0.453 e. The first-order valence-electron chi connectivity index (χ1n) is 14.9. The Morgan fingerprint density at radius 3 is 2.37 bits per heavy atom. The van der Waals surface area contributed by atoms with Crippen molar-refractivity contribution in [2.24, 2.45) is 0 Å². The number of hydrogen-bond donors (Lipinski definition) is 4. The molecular formula is C34H34N6O3. The summed E-state index contributed by atoms with van der Waals surface area (Å²) in [6.45, 7) is 1.64. The van der Waals surface area contributed by atoms with Gasteiger partial charge in [-0.25, -0.2) is 14.8 Å².